The maximum Gasteiger partial charge on any atom is 0.265 e. The topological polar surface area (TPSA) is 67.4 Å². The zero-order valence-electron chi connectivity index (χ0n) is 12.0. The molecule has 108 valence electrons. The lowest BCUT2D eigenvalue weighted by molar-refractivity contribution is -0.123. The summed E-state index contributed by atoms with van der Waals surface area (Å²) in [6, 6.07) is 5.53. The number of fused-ring (bicyclic) bond motifs is 1. The maximum atomic E-state index is 11.6. The predicted molar refractivity (Wildman–Crippen MR) is 76.5 cm³/mol. The van der Waals surface area contributed by atoms with Crippen molar-refractivity contribution in [2.45, 2.75) is 39.8 Å². The SMILES string of the molecule is CC(C)CC(=O)NCc1ccc2c(c1)NC(=O)C(C)O2. The van der Waals surface area contributed by atoms with Gasteiger partial charge in [0, 0.05) is 13.0 Å². The molecule has 1 aromatic rings. The van der Waals surface area contributed by atoms with Gasteiger partial charge in [-0.1, -0.05) is 19.9 Å². The molecule has 1 aliphatic heterocycles. The van der Waals surface area contributed by atoms with Crippen molar-refractivity contribution >= 4 is 17.5 Å². The summed E-state index contributed by atoms with van der Waals surface area (Å²) in [4.78, 5) is 23.2. The van der Waals surface area contributed by atoms with Gasteiger partial charge in [0.25, 0.3) is 5.91 Å². The van der Waals surface area contributed by atoms with Crippen molar-refractivity contribution in [2.75, 3.05) is 5.32 Å². The molecule has 1 unspecified atom stereocenters. The Morgan fingerprint density at radius 2 is 2.20 bits per heavy atom. The second kappa shape index (κ2) is 5.94. The van der Waals surface area contributed by atoms with Gasteiger partial charge in [0.2, 0.25) is 5.91 Å². The van der Waals surface area contributed by atoms with Crippen LogP contribution in [-0.4, -0.2) is 17.9 Å². The minimum Gasteiger partial charge on any atom is -0.479 e. The van der Waals surface area contributed by atoms with E-state index in [4.69, 9.17) is 4.74 Å². The van der Waals surface area contributed by atoms with E-state index in [0.29, 0.717) is 30.3 Å². The van der Waals surface area contributed by atoms with Crippen LogP contribution in [0.25, 0.3) is 0 Å². The van der Waals surface area contributed by atoms with Crippen molar-refractivity contribution in [2.24, 2.45) is 5.92 Å². The first-order chi connectivity index (χ1) is 9.45. The molecular formula is C15H20N2O3. The molecule has 0 radical (unpaired) electrons. The standard InChI is InChI=1S/C15H20N2O3/c1-9(2)6-14(18)16-8-11-4-5-13-12(7-11)17-15(19)10(3)20-13/h4-5,7,9-10H,6,8H2,1-3H3,(H,16,18)(H,17,19). The Hall–Kier alpha value is -2.04. The Morgan fingerprint density at radius 3 is 2.90 bits per heavy atom. The molecule has 0 spiro atoms. The molecule has 0 saturated heterocycles. The molecule has 0 saturated carbocycles. The molecule has 0 aliphatic carbocycles. The lowest BCUT2D eigenvalue weighted by atomic mass is 10.1. The van der Waals surface area contributed by atoms with Gasteiger partial charge >= 0.3 is 0 Å². The van der Waals surface area contributed by atoms with Gasteiger partial charge in [-0.3, -0.25) is 9.59 Å². The van der Waals surface area contributed by atoms with Gasteiger partial charge in [-0.2, -0.15) is 0 Å². The van der Waals surface area contributed by atoms with Crippen molar-refractivity contribution in [1.29, 1.82) is 0 Å². The molecule has 2 N–H and O–H groups in total. The minimum absolute atomic E-state index is 0.0339. The maximum absolute atomic E-state index is 11.6. The van der Waals surface area contributed by atoms with Crippen LogP contribution in [0, 0.1) is 5.92 Å². The minimum atomic E-state index is -0.473. The fraction of sp³-hybridized carbons (Fsp3) is 0.467. The molecule has 20 heavy (non-hydrogen) atoms. The van der Waals surface area contributed by atoms with Crippen LogP contribution in [0.15, 0.2) is 18.2 Å². The number of rotatable bonds is 4. The summed E-state index contributed by atoms with van der Waals surface area (Å²) >= 11 is 0. The second-order valence-corrected chi connectivity index (χ2v) is 5.45. The predicted octanol–water partition coefficient (Wildman–Crippen LogP) is 2.07. The third-order valence-electron chi connectivity index (χ3n) is 3.06. The van der Waals surface area contributed by atoms with Crippen molar-refractivity contribution in [1.82, 2.24) is 5.32 Å². The van der Waals surface area contributed by atoms with E-state index in [1.165, 1.54) is 0 Å². The summed E-state index contributed by atoms with van der Waals surface area (Å²) < 4.78 is 5.48. The number of hydrogen-bond donors (Lipinski definition) is 2. The third-order valence-corrected chi connectivity index (χ3v) is 3.06. The van der Waals surface area contributed by atoms with Crippen molar-refractivity contribution in [3.63, 3.8) is 0 Å². The molecule has 0 fully saturated rings. The number of amides is 2. The lowest BCUT2D eigenvalue weighted by Gasteiger charge is -2.23. The summed E-state index contributed by atoms with van der Waals surface area (Å²) in [5.74, 6) is 0.882. The van der Waals surface area contributed by atoms with Gasteiger partial charge in [-0.05, 0) is 30.5 Å². The van der Waals surface area contributed by atoms with Crippen LogP contribution in [0.2, 0.25) is 0 Å². The fourth-order valence-corrected chi connectivity index (χ4v) is 2.01. The van der Waals surface area contributed by atoms with Gasteiger partial charge in [0.05, 0.1) is 5.69 Å². The van der Waals surface area contributed by atoms with E-state index in [0.717, 1.165) is 5.56 Å². The zero-order chi connectivity index (χ0) is 14.7. The van der Waals surface area contributed by atoms with E-state index in [1.807, 2.05) is 32.0 Å². The summed E-state index contributed by atoms with van der Waals surface area (Å²) in [6.45, 7) is 6.17. The highest BCUT2D eigenvalue weighted by Gasteiger charge is 2.23. The first-order valence-electron chi connectivity index (χ1n) is 6.83. The van der Waals surface area contributed by atoms with Crippen LogP contribution in [-0.2, 0) is 16.1 Å². The number of anilines is 1. The van der Waals surface area contributed by atoms with Gasteiger partial charge in [0.1, 0.15) is 5.75 Å². The largest absolute Gasteiger partial charge is 0.479 e. The molecule has 5 heteroatoms. The summed E-state index contributed by atoms with van der Waals surface area (Å²) in [5, 5.41) is 5.66. The van der Waals surface area contributed by atoms with E-state index in [2.05, 4.69) is 10.6 Å². The van der Waals surface area contributed by atoms with E-state index in [9.17, 15) is 9.59 Å². The molecule has 0 aromatic heterocycles. The number of carbonyl (C=O) groups is 2. The van der Waals surface area contributed by atoms with E-state index in [1.54, 1.807) is 6.92 Å². The monoisotopic (exact) mass is 276 g/mol. The summed E-state index contributed by atoms with van der Waals surface area (Å²) in [7, 11) is 0. The molecule has 1 aromatic carbocycles. The smallest absolute Gasteiger partial charge is 0.265 e. The van der Waals surface area contributed by atoms with Crippen molar-refractivity contribution in [3.8, 4) is 5.75 Å². The highest BCUT2D eigenvalue weighted by Crippen LogP contribution is 2.30. The first-order valence-corrected chi connectivity index (χ1v) is 6.83. The Morgan fingerprint density at radius 1 is 1.45 bits per heavy atom. The van der Waals surface area contributed by atoms with Crippen LogP contribution in [0.1, 0.15) is 32.8 Å². The first kappa shape index (κ1) is 14.4. The van der Waals surface area contributed by atoms with Gasteiger partial charge in [-0.15, -0.1) is 0 Å². The Balaban J connectivity index is 1.99. The molecule has 2 rings (SSSR count). The molecule has 0 bridgehead atoms. The van der Waals surface area contributed by atoms with Crippen LogP contribution in [0.5, 0.6) is 5.75 Å². The number of carbonyl (C=O) groups excluding carboxylic acids is 2. The average molecular weight is 276 g/mol. The number of benzene rings is 1. The Labute approximate surface area is 118 Å². The van der Waals surface area contributed by atoms with Gasteiger partial charge in [-0.25, -0.2) is 0 Å². The third kappa shape index (κ3) is 3.50. The highest BCUT2D eigenvalue weighted by atomic mass is 16.5. The molecule has 2 amide bonds. The number of hydrogen-bond acceptors (Lipinski definition) is 3. The van der Waals surface area contributed by atoms with Crippen molar-refractivity contribution < 1.29 is 14.3 Å². The Bertz CT molecular complexity index is 526. The van der Waals surface area contributed by atoms with Crippen LogP contribution in [0.4, 0.5) is 5.69 Å². The molecular weight excluding hydrogens is 256 g/mol. The summed E-state index contributed by atoms with van der Waals surface area (Å²) in [5.41, 5.74) is 1.59. The number of nitrogens with one attached hydrogen (secondary N) is 2. The molecule has 5 nitrogen and oxygen atoms in total. The Kier molecular flexibility index (Phi) is 4.27. The van der Waals surface area contributed by atoms with Crippen molar-refractivity contribution in [3.05, 3.63) is 23.8 Å². The molecule has 1 atom stereocenters. The highest BCUT2D eigenvalue weighted by molar-refractivity contribution is 5.97. The van der Waals surface area contributed by atoms with Gasteiger partial charge in [0.15, 0.2) is 6.10 Å². The normalized spacial score (nSPS) is 17.2. The molecule has 1 heterocycles. The second-order valence-electron chi connectivity index (χ2n) is 5.45. The van der Waals surface area contributed by atoms with Gasteiger partial charge < -0.3 is 15.4 Å². The quantitative estimate of drug-likeness (QED) is 0.884. The van der Waals surface area contributed by atoms with Crippen LogP contribution >= 0.6 is 0 Å². The zero-order valence-corrected chi connectivity index (χ0v) is 12.0. The molecule has 1 aliphatic rings. The van der Waals surface area contributed by atoms with Crippen LogP contribution < -0.4 is 15.4 Å². The van der Waals surface area contributed by atoms with Crippen LogP contribution in [0.3, 0.4) is 0 Å². The lowest BCUT2D eigenvalue weighted by Crippen LogP contribution is -2.34. The number of ether oxygens (including phenoxy) is 1. The average Bonchev–Trinajstić information content (AvgIpc) is 2.37. The fourth-order valence-electron chi connectivity index (χ4n) is 2.01. The van der Waals surface area contributed by atoms with E-state index >= 15 is 0 Å². The van der Waals surface area contributed by atoms with E-state index in [-0.39, 0.29) is 11.8 Å². The van der Waals surface area contributed by atoms with E-state index < -0.39 is 6.10 Å². The summed E-state index contributed by atoms with van der Waals surface area (Å²) in [6.07, 6.45) is 0.0431.